The van der Waals surface area contributed by atoms with Gasteiger partial charge in [0.05, 0.1) is 0 Å². The first kappa shape index (κ1) is 15.4. The summed E-state index contributed by atoms with van der Waals surface area (Å²) in [6.45, 7) is 2.71. The van der Waals surface area contributed by atoms with E-state index >= 15 is 0 Å². The summed E-state index contributed by atoms with van der Waals surface area (Å²) in [5, 5.41) is 0. The van der Waals surface area contributed by atoms with Crippen molar-refractivity contribution >= 4 is 5.69 Å². The summed E-state index contributed by atoms with van der Waals surface area (Å²) in [7, 11) is 1.97. The molecule has 0 aliphatic heterocycles. The quantitative estimate of drug-likeness (QED) is 0.907. The molecule has 0 radical (unpaired) electrons. The smallest absolute Gasteiger partial charge is 0.163 e. The predicted octanol–water partition coefficient (Wildman–Crippen LogP) is 3.80. The molecular weight excluding hydrogens is 270 g/mol. The SMILES string of the molecule is Cc1ccccc1N(C)CCC(N)c1cccc(F)c1F. The number of para-hydroxylation sites is 1. The number of hydrogen-bond donors (Lipinski definition) is 1. The summed E-state index contributed by atoms with van der Waals surface area (Å²) < 4.78 is 26.9. The maximum atomic E-state index is 13.7. The lowest BCUT2D eigenvalue weighted by Gasteiger charge is -2.23. The fourth-order valence-electron chi connectivity index (χ4n) is 2.41. The monoisotopic (exact) mass is 290 g/mol. The molecule has 0 aliphatic carbocycles. The molecule has 0 saturated carbocycles. The van der Waals surface area contributed by atoms with Crippen molar-refractivity contribution in [1.82, 2.24) is 0 Å². The van der Waals surface area contributed by atoms with Gasteiger partial charge in [0, 0.05) is 30.9 Å². The van der Waals surface area contributed by atoms with E-state index in [1.165, 1.54) is 17.7 Å². The number of nitrogens with zero attached hydrogens (tertiary/aromatic N) is 1. The minimum Gasteiger partial charge on any atom is -0.374 e. The zero-order valence-electron chi connectivity index (χ0n) is 12.3. The minimum atomic E-state index is -0.852. The van der Waals surface area contributed by atoms with Crippen molar-refractivity contribution in [2.45, 2.75) is 19.4 Å². The molecule has 0 heterocycles. The van der Waals surface area contributed by atoms with Crippen molar-refractivity contribution in [2.75, 3.05) is 18.5 Å². The maximum Gasteiger partial charge on any atom is 0.163 e. The largest absolute Gasteiger partial charge is 0.374 e. The van der Waals surface area contributed by atoms with Crippen LogP contribution in [-0.4, -0.2) is 13.6 Å². The molecule has 2 aromatic rings. The minimum absolute atomic E-state index is 0.230. The fraction of sp³-hybridized carbons (Fsp3) is 0.294. The highest BCUT2D eigenvalue weighted by Crippen LogP contribution is 2.22. The van der Waals surface area contributed by atoms with E-state index in [1.54, 1.807) is 0 Å². The van der Waals surface area contributed by atoms with Crippen LogP contribution in [0, 0.1) is 18.6 Å². The van der Waals surface area contributed by atoms with Crippen LogP contribution in [0.4, 0.5) is 14.5 Å². The highest BCUT2D eigenvalue weighted by molar-refractivity contribution is 5.52. The average molecular weight is 290 g/mol. The van der Waals surface area contributed by atoms with Crippen molar-refractivity contribution in [1.29, 1.82) is 0 Å². The first-order valence-corrected chi connectivity index (χ1v) is 6.97. The Kier molecular flexibility index (Phi) is 4.91. The Hall–Kier alpha value is -1.94. The molecule has 0 aromatic heterocycles. The number of nitrogens with two attached hydrogens (primary N) is 1. The molecule has 0 fully saturated rings. The lowest BCUT2D eigenvalue weighted by atomic mass is 10.0. The topological polar surface area (TPSA) is 29.3 Å². The first-order valence-electron chi connectivity index (χ1n) is 6.97. The van der Waals surface area contributed by atoms with E-state index in [9.17, 15) is 8.78 Å². The molecule has 2 N–H and O–H groups in total. The Morgan fingerprint density at radius 1 is 1.10 bits per heavy atom. The fourth-order valence-corrected chi connectivity index (χ4v) is 2.41. The normalized spacial score (nSPS) is 12.2. The third-order valence-corrected chi connectivity index (χ3v) is 3.68. The van der Waals surface area contributed by atoms with Gasteiger partial charge in [-0.1, -0.05) is 30.3 Å². The van der Waals surface area contributed by atoms with Crippen LogP contribution >= 0.6 is 0 Å². The third-order valence-electron chi connectivity index (χ3n) is 3.68. The second-order valence-corrected chi connectivity index (χ2v) is 5.25. The van der Waals surface area contributed by atoms with Gasteiger partial charge in [-0.05, 0) is 31.0 Å². The Bertz CT molecular complexity index is 613. The first-order chi connectivity index (χ1) is 10.0. The average Bonchev–Trinajstić information content (AvgIpc) is 2.47. The van der Waals surface area contributed by atoms with E-state index in [0.717, 1.165) is 11.8 Å². The van der Waals surface area contributed by atoms with Crippen molar-refractivity contribution < 1.29 is 8.78 Å². The van der Waals surface area contributed by atoms with Crippen LogP contribution in [0.5, 0.6) is 0 Å². The van der Waals surface area contributed by atoms with Gasteiger partial charge in [-0.15, -0.1) is 0 Å². The van der Waals surface area contributed by atoms with Crippen LogP contribution in [0.15, 0.2) is 42.5 Å². The molecule has 2 nitrogen and oxygen atoms in total. The Morgan fingerprint density at radius 2 is 1.81 bits per heavy atom. The number of aryl methyl sites for hydroxylation is 1. The molecule has 2 rings (SSSR count). The predicted molar refractivity (Wildman–Crippen MR) is 82.4 cm³/mol. The van der Waals surface area contributed by atoms with Gasteiger partial charge < -0.3 is 10.6 Å². The molecule has 112 valence electrons. The lowest BCUT2D eigenvalue weighted by molar-refractivity contribution is 0.484. The Morgan fingerprint density at radius 3 is 2.52 bits per heavy atom. The highest BCUT2D eigenvalue weighted by atomic mass is 19.2. The van der Waals surface area contributed by atoms with Gasteiger partial charge in [0.1, 0.15) is 0 Å². The van der Waals surface area contributed by atoms with Gasteiger partial charge in [-0.3, -0.25) is 0 Å². The van der Waals surface area contributed by atoms with E-state index in [1.807, 2.05) is 38.2 Å². The number of hydrogen-bond acceptors (Lipinski definition) is 2. The zero-order valence-corrected chi connectivity index (χ0v) is 12.3. The number of halogens is 2. The molecular formula is C17H20F2N2. The van der Waals surface area contributed by atoms with Crippen LogP contribution < -0.4 is 10.6 Å². The van der Waals surface area contributed by atoms with Gasteiger partial charge >= 0.3 is 0 Å². The van der Waals surface area contributed by atoms with Crippen molar-refractivity contribution in [3.8, 4) is 0 Å². The van der Waals surface area contributed by atoms with Gasteiger partial charge in [0.15, 0.2) is 11.6 Å². The standard InChI is InChI=1S/C17H20F2N2/c1-12-6-3-4-9-16(12)21(2)11-10-15(20)13-7-5-8-14(18)17(13)19/h3-9,15H,10-11,20H2,1-2H3. The van der Waals surface area contributed by atoms with Gasteiger partial charge in [0.2, 0.25) is 0 Å². The summed E-state index contributed by atoms with van der Waals surface area (Å²) >= 11 is 0. The van der Waals surface area contributed by atoms with Crippen LogP contribution in [0.1, 0.15) is 23.6 Å². The molecule has 4 heteroatoms. The van der Waals surface area contributed by atoms with E-state index in [-0.39, 0.29) is 5.56 Å². The summed E-state index contributed by atoms with van der Waals surface area (Å²) in [6.07, 6.45) is 0.547. The third kappa shape index (κ3) is 3.58. The molecule has 21 heavy (non-hydrogen) atoms. The van der Waals surface area contributed by atoms with Crippen molar-refractivity contribution in [2.24, 2.45) is 5.73 Å². The molecule has 0 saturated heterocycles. The molecule has 1 unspecified atom stereocenters. The molecule has 1 atom stereocenters. The maximum absolute atomic E-state index is 13.7. The summed E-state index contributed by atoms with van der Waals surface area (Å²) in [5.74, 6) is -1.70. The van der Waals surface area contributed by atoms with Crippen LogP contribution in [0.2, 0.25) is 0 Å². The Balaban J connectivity index is 2.03. The molecule has 2 aromatic carbocycles. The molecule has 0 aliphatic rings. The van der Waals surface area contributed by atoms with E-state index < -0.39 is 17.7 Å². The second-order valence-electron chi connectivity index (χ2n) is 5.25. The van der Waals surface area contributed by atoms with Crippen molar-refractivity contribution in [3.63, 3.8) is 0 Å². The lowest BCUT2D eigenvalue weighted by Crippen LogP contribution is -2.24. The molecule has 0 amide bonds. The highest BCUT2D eigenvalue weighted by Gasteiger charge is 2.15. The second kappa shape index (κ2) is 6.68. The van der Waals surface area contributed by atoms with Gasteiger partial charge in [-0.25, -0.2) is 8.78 Å². The number of anilines is 1. The Labute approximate surface area is 124 Å². The number of rotatable bonds is 5. The summed E-state index contributed by atoms with van der Waals surface area (Å²) in [5.41, 5.74) is 8.51. The van der Waals surface area contributed by atoms with Crippen molar-refractivity contribution in [3.05, 3.63) is 65.2 Å². The number of benzene rings is 2. The summed E-state index contributed by atoms with van der Waals surface area (Å²) in [4.78, 5) is 2.08. The van der Waals surface area contributed by atoms with Crippen LogP contribution in [0.25, 0.3) is 0 Å². The van der Waals surface area contributed by atoms with Crippen LogP contribution in [0.3, 0.4) is 0 Å². The van der Waals surface area contributed by atoms with E-state index in [2.05, 4.69) is 4.90 Å². The van der Waals surface area contributed by atoms with Crippen LogP contribution in [-0.2, 0) is 0 Å². The van der Waals surface area contributed by atoms with E-state index in [0.29, 0.717) is 13.0 Å². The molecule has 0 bridgehead atoms. The molecule has 0 spiro atoms. The van der Waals surface area contributed by atoms with E-state index in [4.69, 9.17) is 5.73 Å². The van der Waals surface area contributed by atoms with Gasteiger partial charge in [-0.2, -0.15) is 0 Å². The van der Waals surface area contributed by atoms with Gasteiger partial charge in [0.25, 0.3) is 0 Å². The zero-order chi connectivity index (χ0) is 15.4. The summed E-state index contributed by atoms with van der Waals surface area (Å²) in [6, 6.07) is 11.6.